The molecule has 0 unspecified atom stereocenters. The molecule has 1 heterocycles. The molecule has 2 rings (SSSR count). The van der Waals surface area contributed by atoms with Gasteiger partial charge in [-0.3, -0.25) is 4.98 Å². The third-order valence-electron chi connectivity index (χ3n) is 3.41. The van der Waals surface area contributed by atoms with E-state index in [9.17, 15) is 4.79 Å². The number of esters is 1. The number of rotatable bonds is 4. The summed E-state index contributed by atoms with van der Waals surface area (Å²) in [6, 6.07) is 0. The van der Waals surface area contributed by atoms with E-state index in [1.807, 2.05) is 7.05 Å². The Labute approximate surface area is 107 Å². The smallest absolute Gasteiger partial charge is 0.358 e. The van der Waals surface area contributed by atoms with Crippen molar-refractivity contribution in [3.8, 4) is 0 Å². The normalized spacial score (nSPS) is 15.7. The fraction of sp³-hybridized carbons (Fsp3) is 0.615. The van der Waals surface area contributed by atoms with Crippen LogP contribution in [0.5, 0.6) is 0 Å². The first kappa shape index (κ1) is 12.8. The van der Waals surface area contributed by atoms with Crippen LogP contribution >= 0.6 is 0 Å². The van der Waals surface area contributed by atoms with E-state index >= 15 is 0 Å². The summed E-state index contributed by atoms with van der Waals surface area (Å²) in [6.45, 7) is 0.972. The van der Waals surface area contributed by atoms with Crippen LogP contribution in [0.2, 0.25) is 0 Å². The number of nitrogens with zero attached hydrogens (tertiary/aromatic N) is 3. The molecule has 1 aliphatic rings. The lowest BCUT2D eigenvalue weighted by Gasteiger charge is -2.21. The zero-order valence-electron chi connectivity index (χ0n) is 10.9. The quantitative estimate of drug-likeness (QED) is 0.763. The molecule has 1 aromatic rings. The van der Waals surface area contributed by atoms with E-state index in [0.29, 0.717) is 0 Å². The van der Waals surface area contributed by atoms with Gasteiger partial charge in [0.1, 0.15) is 5.82 Å². The minimum Gasteiger partial charge on any atom is -0.464 e. The van der Waals surface area contributed by atoms with Crippen molar-refractivity contribution in [1.82, 2.24) is 9.97 Å². The zero-order chi connectivity index (χ0) is 13.0. The summed E-state index contributed by atoms with van der Waals surface area (Å²) in [5.41, 5.74) is 0.258. The molecular formula is C13H19N3O2. The maximum absolute atomic E-state index is 11.4. The Bertz CT molecular complexity index is 416. The van der Waals surface area contributed by atoms with Gasteiger partial charge in [-0.05, 0) is 18.8 Å². The molecule has 98 valence electrons. The topological polar surface area (TPSA) is 55.3 Å². The monoisotopic (exact) mass is 249 g/mol. The van der Waals surface area contributed by atoms with Gasteiger partial charge in [0.2, 0.25) is 0 Å². The van der Waals surface area contributed by atoms with E-state index in [1.165, 1.54) is 39.0 Å². The standard InChI is InChI=1S/C13H19N3O2/c1-16(9-10-5-3-4-6-10)12-8-14-7-11(15-12)13(17)18-2/h7-8,10H,3-6,9H2,1-2H3. The Morgan fingerprint density at radius 2 is 2.17 bits per heavy atom. The zero-order valence-corrected chi connectivity index (χ0v) is 10.9. The Balaban J connectivity index is 2.04. The fourth-order valence-electron chi connectivity index (χ4n) is 2.42. The van der Waals surface area contributed by atoms with Gasteiger partial charge in [0.05, 0.1) is 19.5 Å². The van der Waals surface area contributed by atoms with Gasteiger partial charge in [-0.25, -0.2) is 9.78 Å². The number of hydrogen-bond donors (Lipinski definition) is 0. The van der Waals surface area contributed by atoms with Crippen molar-refractivity contribution in [1.29, 1.82) is 0 Å². The van der Waals surface area contributed by atoms with Crippen LogP contribution < -0.4 is 4.90 Å². The molecule has 5 nitrogen and oxygen atoms in total. The van der Waals surface area contributed by atoms with Crippen molar-refractivity contribution in [2.24, 2.45) is 5.92 Å². The molecule has 1 aliphatic carbocycles. The maximum Gasteiger partial charge on any atom is 0.358 e. The van der Waals surface area contributed by atoms with Crippen LogP contribution in [0.15, 0.2) is 12.4 Å². The van der Waals surface area contributed by atoms with E-state index in [4.69, 9.17) is 0 Å². The SMILES string of the molecule is COC(=O)c1cncc(N(C)CC2CCCC2)n1. The van der Waals surface area contributed by atoms with Gasteiger partial charge in [-0.2, -0.15) is 0 Å². The summed E-state index contributed by atoms with van der Waals surface area (Å²) in [4.78, 5) is 21.8. The molecule has 1 fully saturated rings. The Morgan fingerprint density at radius 1 is 1.44 bits per heavy atom. The molecule has 1 saturated carbocycles. The summed E-state index contributed by atoms with van der Waals surface area (Å²) >= 11 is 0. The molecule has 0 aliphatic heterocycles. The van der Waals surface area contributed by atoms with Gasteiger partial charge < -0.3 is 9.64 Å². The molecule has 0 saturated heterocycles. The predicted molar refractivity (Wildman–Crippen MR) is 68.6 cm³/mol. The van der Waals surface area contributed by atoms with Crippen molar-refractivity contribution >= 4 is 11.8 Å². The van der Waals surface area contributed by atoms with Crippen LogP contribution in [-0.2, 0) is 4.74 Å². The molecule has 5 heteroatoms. The number of carbonyl (C=O) groups excluding carboxylic acids is 1. The van der Waals surface area contributed by atoms with Crippen LogP contribution in [0.1, 0.15) is 36.2 Å². The average molecular weight is 249 g/mol. The van der Waals surface area contributed by atoms with Crippen LogP contribution in [0, 0.1) is 5.92 Å². The van der Waals surface area contributed by atoms with Crippen molar-refractivity contribution in [2.45, 2.75) is 25.7 Å². The lowest BCUT2D eigenvalue weighted by atomic mass is 10.1. The molecule has 0 spiro atoms. The van der Waals surface area contributed by atoms with Crippen molar-refractivity contribution in [3.05, 3.63) is 18.1 Å². The molecule has 0 aromatic carbocycles. The highest BCUT2D eigenvalue weighted by Crippen LogP contribution is 2.26. The lowest BCUT2D eigenvalue weighted by Crippen LogP contribution is -2.25. The molecular weight excluding hydrogens is 230 g/mol. The first-order valence-electron chi connectivity index (χ1n) is 6.32. The molecule has 0 bridgehead atoms. The number of ether oxygens (including phenoxy) is 1. The molecule has 18 heavy (non-hydrogen) atoms. The summed E-state index contributed by atoms with van der Waals surface area (Å²) in [5.74, 6) is 1.02. The third kappa shape index (κ3) is 2.97. The summed E-state index contributed by atoms with van der Waals surface area (Å²) in [7, 11) is 3.34. The Hall–Kier alpha value is -1.65. The first-order chi connectivity index (χ1) is 8.70. The molecule has 0 N–H and O–H groups in total. The van der Waals surface area contributed by atoms with E-state index in [2.05, 4.69) is 19.6 Å². The van der Waals surface area contributed by atoms with Gasteiger partial charge in [0.15, 0.2) is 5.69 Å². The van der Waals surface area contributed by atoms with Gasteiger partial charge >= 0.3 is 5.97 Å². The number of hydrogen-bond acceptors (Lipinski definition) is 5. The van der Waals surface area contributed by atoms with E-state index in [-0.39, 0.29) is 5.69 Å². The van der Waals surface area contributed by atoms with Crippen LogP contribution in [0.3, 0.4) is 0 Å². The van der Waals surface area contributed by atoms with Crippen molar-refractivity contribution in [3.63, 3.8) is 0 Å². The number of methoxy groups -OCH3 is 1. The van der Waals surface area contributed by atoms with E-state index < -0.39 is 5.97 Å². The predicted octanol–water partition coefficient (Wildman–Crippen LogP) is 1.89. The highest BCUT2D eigenvalue weighted by Gasteiger charge is 2.18. The summed E-state index contributed by atoms with van der Waals surface area (Å²) in [6.07, 6.45) is 8.34. The van der Waals surface area contributed by atoms with Gasteiger partial charge in [0, 0.05) is 13.6 Å². The number of anilines is 1. The second-order valence-corrected chi connectivity index (χ2v) is 4.79. The Kier molecular flexibility index (Phi) is 4.12. The Morgan fingerprint density at radius 3 is 2.83 bits per heavy atom. The van der Waals surface area contributed by atoms with Crippen LogP contribution in [-0.4, -0.2) is 36.6 Å². The second-order valence-electron chi connectivity index (χ2n) is 4.79. The molecule has 1 aromatic heterocycles. The van der Waals surface area contributed by atoms with Gasteiger partial charge in [-0.1, -0.05) is 12.8 Å². The van der Waals surface area contributed by atoms with Crippen LogP contribution in [0.4, 0.5) is 5.82 Å². The van der Waals surface area contributed by atoms with Crippen molar-refractivity contribution < 1.29 is 9.53 Å². The fourth-order valence-corrected chi connectivity index (χ4v) is 2.42. The van der Waals surface area contributed by atoms with E-state index in [0.717, 1.165) is 18.3 Å². The third-order valence-corrected chi connectivity index (χ3v) is 3.41. The van der Waals surface area contributed by atoms with Crippen molar-refractivity contribution in [2.75, 3.05) is 25.6 Å². The van der Waals surface area contributed by atoms with Gasteiger partial charge in [-0.15, -0.1) is 0 Å². The second kappa shape index (κ2) is 5.80. The lowest BCUT2D eigenvalue weighted by molar-refractivity contribution is 0.0593. The molecule has 0 amide bonds. The first-order valence-corrected chi connectivity index (χ1v) is 6.32. The molecule has 0 radical (unpaired) electrons. The summed E-state index contributed by atoms with van der Waals surface area (Å²) in [5, 5.41) is 0. The van der Waals surface area contributed by atoms with Crippen LogP contribution in [0.25, 0.3) is 0 Å². The number of aromatic nitrogens is 2. The maximum atomic E-state index is 11.4. The average Bonchev–Trinajstić information content (AvgIpc) is 2.90. The minimum absolute atomic E-state index is 0.258. The largest absolute Gasteiger partial charge is 0.464 e. The highest BCUT2D eigenvalue weighted by atomic mass is 16.5. The van der Waals surface area contributed by atoms with Gasteiger partial charge in [0.25, 0.3) is 0 Å². The molecule has 0 atom stereocenters. The minimum atomic E-state index is -0.446. The summed E-state index contributed by atoms with van der Waals surface area (Å²) < 4.78 is 4.64. The van der Waals surface area contributed by atoms with E-state index in [1.54, 1.807) is 6.20 Å². The highest BCUT2D eigenvalue weighted by molar-refractivity contribution is 5.87. The number of carbonyl (C=O) groups is 1.